The second-order valence-electron chi connectivity index (χ2n) is 6.34. The van der Waals surface area contributed by atoms with Gasteiger partial charge >= 0.3 is 0 Å². The van der Waals surface area contributed by atoms with Gasteiger partial charge in [0.25, 0.3) is 0 Å². The van der Waals surface area contributed by atoms with E-state index in [4.69, 9.17) is 4.74 Å². The van der Waals surface area contributed by atoms with E-state index in [2.05, 4.69) is 21.7 Å². The number of amides is 1. The van der Waals surface area contributed by atoms with Gasteiger partial charge < -0.3 is 20.3 Å². The van der Waals surface area contributed by atoms with Gasteiger partial charge in [0.2, 0.25) is 5.91 Å². The molecule has 27 heavy (non-hydrogen) atoms. The SMILES string of the molecule is CN=C(NCCc1ccccc1OC)NCC(=O)N1CCc2ccccc21. The van der Waals surface area contributed by atoms with Crippen LogP contribution >= 0.6 is 0 Å². The maximum atomic E-state index is 12.6. The molecule has 0 saturated heterocycles. The van der Waals surface area contributed by atoms with Crippen LogP contribution in [0.5, 0.6) is 5.75 Å². The van der Waals surface area contributed by atoms with E-state index in [1.807, 2.05) is 47.4 Å². The first-order valence-corrected chi connectivity index (χ1v) is 9.17. The Hall–Kier alpha value is -3.02. The molecule has 2 aromatic carbocycles. The molecule has 1 aliphatic heterocycles. The molecule has 142 valence electrons. The van der Waals surface area contributed by atoms with Crippen molar-refractivity contribution in [3.8, 4) is 5.75 Å². The maximum absolute atomic E-state index is 12.6. The standard InChI is InChI=1S/C21H26N4O2/c1-22-21(23-13-11-17-8-4-6-10-19(17)27-2)24-15-20(26)25-14-12-16-7-3-5-9-18(16)25/h3-10H,11-15H2,1-2H3,(H2,22,23,24). The molecule has 0 spiro atoms. The Morgan fingerprint density at radius 3 is 2.74 bits per heavy atom. The average molecular weight is 366 g/mol. The number of ether oxygens (including phenoxy) is 1. The number of benzene rings is 2. The number of hydrogen-bond donors (Lipinski definition) is 2. The molecule has 6 nitrogen and oxygen atoms in total. The molecule has 0 saturated carbocycles. The van der Waals surface area contributed by atoms with E-state index in [0.717, 1.165) is 36.4 Å². The lowest BCUT2D eigenvalue weighted by molar-refractivity contribution is -0.117. The molecule has 0 aliphatic carbocycles. The van der Waals surface area contributed by atoms with Gasteiger partial charge in [-0.3, -0.25) is 9.79 Å². The van der Waals surface area contributed by atoms with Crippen LogP contribution in [0.15, 0.2) is 53.5 Å². The molecular formula is C21H26N4O2. The highest BCUT2D eigenvalue weighted by Gasteiger charge is 2.23. The highest BCUT2D eigenvalue weighted by molar-refractivity contribution is 5.98. The van der Waals surface area contributed by atoms with Gasteiger partial charge in [-0.1, -0.05) is 36.4 Å². The van der Waals surface area contributed by atoms with E-state index >= 15 is 0 Å². The third-order valence-corrected chi connectivity index (χ3v) is 4.70. The molecule has 2 aromatic rings. The van der Waals surface area contributed by atoms with Crippen LogP contribution in [-0.2, 0) is 17.6 Å². The van der Waals surface area contributed by atoms with Crippen LogP contribution in [0.2, 0.25) is 0 Å². The molecule has 2 N–H and O–H groups in total. The Morgan fingerprint density at radius 1 is 1.15 bits per heavy atom. The molecule has 0 radical (unpaired) electrons. The van der Waals surface area contributed by atoms with Crippen molar-refractivity contribution in [3.05, 3.63) is 59.7 Å². The zero-order chi connectivity index (χ0) is 19.1. The normalized spacial score (nSPS) is 13.3. The molecule has 6 heteroatoms. The molecule has 1 heterocycles. The predicted octanol–water partition coefficient (Wildman–Crippen LogP) is 1.99. The number of guanidine groups is 1. The van der Waals surface area contributed by atoms with Crippen LogP contribution in [0.25, 0.3) is 0 Å². The van der Waals surface area contributed by atoms with Crippen molar-refractivity contribution in [2.75, 3.05) is 38.7 Å². The van der Waals surface area contributed by atoms with Crippen molar-refractivity contribution in [3.63, 3.8) is 0 Å². The van der Waals surface area contributed by atoms with E-state index in [0.29, 0.717) is 12.5 Å². The van der Waals surface area contributed by atoms with Gasteiger partial charge in [-0.25, -0.2) is 0 Å². The summed E-state index contributed by atoms with van der Waals surface area (Å²) in [6, 6.07) is 16.0. The van der Waals surface area contributed by atoms with Crippen molar-refractivity contribution in [2.24, 2.45) is 4.99 Å². The van der Waals surface area contributed by atoms with Gasteiger partial charge in [0, 0.05) is 25.8 Å². The third kappa shape index (κ3) is 4.58. The number of carbonyl (C=O) groups is 1. The zero-order valence-electron chi connectivity index (χ0n) is 15.9. The van der Waals surface area contributed by atoms with Gasteiger partial charge in [0.1, 0.15) is 5.75 Å². The van der Waals surface area contributed by atoms with Crippen LogP contribution in [0, 0.1) is 0 Å². The number of rotatable bonds is 6. The summed E-state index contributed by atoms with van der Waals surface area (Å²) >= 11 is 0. The van der Waals surface area contributed by atoms with Crippen LogP contribution in [0.1, 0.15) is 11.1 Å². The van der Waals surface area contributed by atoms with Crippen molar-refractivity contribution in [1.29, 1.82) is 0 Å². The number of fused-ring (bicyclic) bond motifs is 1. The number of aliphatic imine (C=N–C) groups is 1. The highest BCUT2D eigenvalue weighted by atomic mass is 16.5. The number of nitrogens with one attached hydrogen (secondary N) is 2. The number of methoxy groups -OCH3 is 1. The van der Waals surface area contributed by atoms with Crippen LogP contribution in [0.3, 0.4) is 0 Å². The highest BCUT2D eigenvalue weighted by Crippen LogP contribution is 2.27. The predicted molar refractivity (Wildman–Crippen MR) is 109 cm³/mol. The van der Waals surface area contributed by atoms with E-state index in [-0.39, 0.29) is 12.5 Å². The van der Waals surface area contributed by atoms with Crippen LogP contribution < -0.4 is 20.3 Å². The number of nitrogens with zero attached hydrogens (tertiary/aromatic N) is 2. The second kappa shape index (κ2) is 9.07. The van der Waals surface area contributed by atoms with Gasteiger partial charge in [0.05, 0.1) is 13.7 Å². The summed E-state index contributed by atoms with van der Waals surface area (Å²) < 4.78 is 5.37. The van der Waals surface area contributed by atoms with E-state index in [9.17, 15) is 4.79 Å². The summed E-state index contributed by atoms with van der Waals surface area (Å²) in [5.74, 6) is 1.54. The number of carbonyl (C=O) groups excluding carboxylic acids is 1. The summed E-state index contributed by atoms with van der Waals surface area (Å²) in [4.78, 5) is 18.6. The van der Waals surface area contributed by atoms with Crippen molar-refractivity contribution < 1.29 is 9.53 Å². The molecule has 0 fully saturated rings. The van der Waals surface area contributed by atoms with Gasteiger partial charge in [-0.05, 0) is 36.1 Å². The molecule has 1 aliphatic rings. The zero-order valence-corrected chi connectivity index (χ0v) is 15.9. The minimum atomic E-state index is 0.0487. The Kier molecular flexibility index (Phi) is 6.30. The molecule has 3 rings (SSSR count). The molecule has 0 aromatic heterocycles. The fraction of sp³-hybridized carbons (Fsp3) is 0.333. The molecule has 0 bridgehead atoms. The average Bonchev–Trinajstić information content (AvgIpc) is 3.15. The van der Waals surface area contributed by atoms with Crippen molar-refractivity contribution in [2.45, 2.75) is 12.8 Å². The van der Waals surface area contributed by atoms with Crippen LogP contribution in [0.4, 0.5) is 5.69 Å². The fourth-order valence-corrected chi connectivity index (χ4v) is 3.30. The Morgan fingerprint density at radius 2 is 1.93 bits per heavy atom. The monoisotopic (exact) mass is 366 g/mol. The van der Waals surface area contributed by atoms with Crippen molar-refractivity contribution >= 4 is 17.6 Å². The summed E-state index contributed by atoms with van der Waals surface area (Å²) in [7, 11) is 3.38. The minimum absolute atomic E-state index is 0.0487. The molecular weight excluding hydrogens is 340 g/mol. The first-order valence-electron chi connectivity index (χ1n) is 9.17. The smallest absolute Gasteiger partial charge is 0.246 e. The number of para-hydroxylation sites is 2. The lowest BCUT2D eigenvalue weighted by Gasteiger charge is -2.19. The number of anilines is 1. The van der Waals surface area contributed by atoms with Crippen molar-refractivity contribution in [1.82, 2.24) is 10.6 Å². The van der Waals surface area contributed by atoms with Crippen LogP contribution in [-0.4, -0.2) is 45.7 Å². The fourth-order valence-electron chi connectivity index (χ4n) is 3.30. The minimum Gasteiger partial charge on any atom is -0.496 e. The quantitative estimate of drug-likeness (QED) is 0.606. The van der Waals surface area contributed by atoms with E-state index in [1.165, 1.54) is 5.56 Å². The summed E-state index contributed by atoms with van der Waals surface area (Å²) in [5, 5.41) is 6.36. The van der Waals surface area contributed by atoms with E-state index < -0.39 is 0 Å². The lowest BCUT2D eigenvalue weighted by Crippen LogP contribution is -2.44. The van der Waals surface area contributed by atoms with Gasteiger partial charge in [0.15, 0.2) is 5.96 Å². The van der Waals surface area contributed by atoms with Gasteiger partial charge in [-0.2, -0.15) is 0 Å². The number of hydrogen-bond acceptors (Lipinski definition) is 3. The maximum Gasteiger partial charge on any atom is 0.246 e. The second-order valence-corrected chi connectivity index (χ2v) is 6.34. The molecule has 0 unspecified atom stereocenters. The van der Waals surface area contributed by atoms with Gasteiger partial charge in [-0.15, -0.1) is 0 Å². The Bertz CT molecular complexity index is 819. The Labute approximate surface area is 160 Å². The summed E-state index contributed by atoms with van der Waals surface area (Å²) in [6.45, 7) is 1.64. The topological polar surface area (TPSA) is 66.0 Å². The summed E-state index contributed by atoms with van der Waals surface area (Å²) in [6.07, 6.45) is 1.71. The third-order valence-electron chi connectivity index (χ3n) is 4.70. The van der Waals surface area contributed by atoms with E-state index in [1.54, 1.807) is 14.2 Å². The Balaban J connectivity index is 1.48. The summed E-state index contributed by atoms with van der Waals surface area (Å²) in [5.41, 5.74) is 3.38. The molecule has 1 amide bonds. The first kappa shape index (κ1) is 18.8. The lowest BCUT2D eigenvalue weighted by atomic mass is 10.1. The largest absolute Gasteiger partial charge is 0.496 e. The molecule has 0 atom stereocenters. The first-order chi connectivity index (χ1) is 13.2.